The molecule has 0 aromatic heterocycles. The van der Waals surface area contributed by atoms with Gasteiger partial charge in [-0.1, -0.05) is 36.4 Å². The number of fused-ring (bicyclic) bond motifs is 1. The van der Waals surface area contributed by atoms with Crippen LogP contribution in [-0.2, 0) is 11.2 Å². The van der Waals surface area contributed by atoms with Crippen molar-refractivity contribution in [2.45, 2.75) is 18.4 Å². The quantitative estimate of drug-likeness (QED) is 0.895. The normalized spacial score (nSPS) is 21.2. The highest BCUT2D eigenvalue weighted by Gasteiger charge is 2.33. The molecule has 1 amide bonds. The molecule has 0 spiro atoms. The van der Waals surface area contributed by atoms with E-state index in [1.54, 1.807) is 0 Å². The molecule has 2 aromatic carbocycles. The Morgan fingerprint density at radius 2 is 1.77 bits per heavy atom. The average molecular weight is 375 g/mol. The molecular weight excluding hydrogens is 352 g/mol. The maximum absolute atomic E-state index is 12.7. The summed E-state index contributed by atoms with van der Waals surface area (Å²) in [5.41, 5.74) is 8.43. The molecule has 0 radical (unpaired) electrons. The first-order chi connectivity index (χ1) is 12.2. The van der Waals surface area contributed by atoms with E-state index < -0.39 is 0 Å². The van der Waals surface area contributed by atoms with Crippen LogP contribution in [-0.4, -0.2) is 43.2 Å². The SMILES string of the molecule is Cl.N[C@@H]1CN(C(=O)Cc2ccc3c(c2)OCCO3)C[C@H]1c1ccccc1. The van der Waals surface area contributed by atoms with Gasteiger partial charge in [-0.2, -0.15) is 0 Å². The summed E-state index contributed by atoms with van der Waals surface area (Å²) in [7, 11) is 0. The Bertz CT molecular complexity index is 769. The van der Waals surface area contributed by atoms with Gasteiger partial charge in [0.1, 0.15) is 13.2 Å². The van der Waals surface area contributed by atoms with Gasteiger partial charge >= 0.3 is 0 Å². The van der Waals surface area contributed by atoms with Gasteiger partial charge in [0.05, 0.1) is 6.42 Å². The van der Waals surface area contributed by atoms with Gasteiger partial charge < -0.3 is 20.1 Å². The number of nitrogens with zero attached hydrogens (tertiary/aromatic N) is 1. The summed E-state index contributed by atoms with van der Waals surface area (Å²) in [5.74, 6) is 1.77. The van der Waals surface area contributed by atoms with Crippen molar-refractivity contribution in [3.05, 3.63) is 59.7 Å². The molecule has 0 aliphatic carbocycles. The van der Waals surface area contributed by atoms with Crippen molar-refractivity contribution in [3.63, 3.8) is 0 Å². The minimum absolute atomic E-state index is 0. The number of halogens is 1. The zero-order valence-corrected chi connectivity index (χ0v) is 15.3. The largest absolute Gasteiger partial charge is 0.486 e. The van der Waals surface area contributed by atoms with E-state index in [0.29, 0.717) is 32.7 Å². The molecule has 2 heterocycles. The van der Waals surface area contributed by atoms with Crippen molar-refractivity contribution in [3.8, 4) is 11.5 Å². The molecule has 1 saturated heterocycles. The highest BCUT2D eigenvalue weighted by Crippen LogP contribution is 2.31. The minimum atomic E-state index is -0.0217. The van der Waals surface area contributed by atoms with Gasteiger partial charge in [0, 0.05) is 25.0 Å². The molecule has 2 atom stereocenters. The van der Waals surface area contributed by atoms with E-state index >= 15 is 0 Å². The van der Waals surface area contributed by atoms with Gasteiger partial charge in [-0.25, -0.2) is 0 Å². The van der Waals surface area contributed by atoms with Crippen molar-refractivity contribution in [1.29, 1.82) is 0 Å². The summed E-state index contributed by atoms with van der Waals surface area (Å²) in [5, 5.41) is 0. The number of benzene rings is 2. The molecule has 0 unspecified atom stereocenters. The van der Waals surface area contributed by atoms with Crippen molar-refractivity contribution in [2.75, 3.05) is 26.3 Å². The fourth-order valence-electron chi connectivity index (χ4n) is 3.57. The molecule has 5 nitrogen and oxygen atoms in total. The number of carbonyl (C=O) groups is 1. The second-order valence-electron chi connectivity index (χ2n) is 6.63. The second kappa shape index (κ2) is 7.98. The van der Waals surface area contributed by atoms with Gasteiger partial charge in [0.15, 0.2) is 11.5 Å². The van der Waals surface area contributed by atoms with Gasteiger partial charge in [-0.3, -0.25) is 4.79 Å². The zero-order valence-electron chi connectivity index (χ0n) is 14.5. The molecule has 1 fully saturated rings. The third kappa shape index (κ3) is 3.79. The van der Waals surface area contributed by atoms with E-state index in [9.17, 15) is 4.79 Å². The number of carbonyl (C=O) groups excluding carboxylic acids is 1. The first-order valence-corrected chi connectivity index (χ1v) is 8.67. The lowest BCUT2D eigenvalue weighted by molar-refractivity contribution is -0.129. The Morgan fingerprint density at radius 3 is 2.54 bits per heavy atom. The van der Waals surface area contributed by atoms with Crippen LogP contribution in [0.25, 0.3) is 0 Å². The number of amides is 1. The molecule has 0 bridgehead atoms. The van der Waals surface area contributed by atoms with E-state index in [0.717, 1.165) is 17.1 Å². The number of nitrogens with two attached hydrogens (primary N) is 1. The Morgan fingerprint density at radius 1 is 1.04 bits per heavy atom. The molecule has 2 aromatic rings. The van der Waals surface area contributed by atoms with Crippen molar-refractivity contribution < 1.29 is 14.3 Å². The predicted molar refractivity (Wildman–Crippen MR) is 102 cm³/mol. The molecule has 2 aliphatic rings. The van der Waals surface area contributed by atoms with E-state index in [-0.39, 0.29) is 30.3 Å². The van der Waals surface area contributed by atoms with Crippen LogP contribution in [0.15, 0.2) is 48.5 Å². The average Bonchev–Trinajstić information content (AvgIpc) is 3.04. The van der Waals surface area contributed by atoms with Crippen molar-refractivity contribution in [2.24, 2.45) is 5.73 Å². The van der Waals surface area contributed by atoms with Gasteiger partial charge in [0.25, 0.3) is 0 Å². The standard InChI is InChI=1S/C20H22N2O3.ClH/c21-17-13-22(12-16(17)15-4-2-1-3-5-15)20(23)11-14-6-7-18-19(10-14)25-9-8-24-18;/h1-7,10,16-17H,8-9,11-13,21H2;1H/t16-,17+;/m0./s1. The van der Waals surface area contributed by atoms with E-state index in [1.165, 1.54) is 5.56 Å². The summed E-state index contributed by atoms with van der Waals surface area (Å²) in [6.07, 6.45) is 0.352. The van der Waals surface area contributed by atoms with Crippen molar-refractivity contribution in [1.82, 2.24) is 4.90 Å². The summed E-state index contributed by atoms with van der Waals surface area (Å²) >= 11 is 0. The Labute approximate surface area is 159 Å². The fraction of sp³-hybridized carbons (Fsp3) is 0.350. The number of hydrogen-bond donors (Lipinski definition) is 1. The monoisotopic (exact) mass is 374 g/mol. The van der Waals surface area contributed by atoms with Crippen LogP contribution >= 0.6 is 12.4 Å². The summed E-state index contributed by atoms with van der Waals surface area (Å²) < 4.78 is 11.1. The molecule has 2 aliphatic heterocycles. The number of ether oxygens (including phenoxy) is 2. The van der Waals surface area contributed by atoms with E-state index in [2.05, 4.69) is 12.1 Å². The zero-order chi connectivity index (χ0) is 17.2. The predicted octanol–water partition coefficient (Wildman–Crippen LogP) is 2.38. The molecule has 26 heavy (non-hydrogen) atoms. The van der Waals surface area contributed by atoms with Crippen LogP contribution in [0.4, 0.5) is 0 Å². The van der Waals surface area contributed by atoms with Gasteiger partial charge in [-0.05, 0) is 23.3 Å². The topological polar surface area (TPSA) is 64.8 Å². The number of likely N-dealkylation sites (tertiary alicyclic amines) is 1. The maximum Gasteiger partial charge on any atom is 0.227 e. The van der Waals surface area contributed by atoms with Gasteiger partial charge in [-0.15, -0.1) is 12.4 Å². The van der Waals surface area contributed by atoms with Crippen LogP contribution in [0, 0.1) is 0 Å². The van der Waals surface area contributed by atoms with Crippen molar-refractivity contribution >= 4 is 18.3 Å². The third-order valence-corrected chi connectivity index (χ3v) is 4.91. The van der Waals surface area contributed by atoms with Crippen LogP contribution in [0.1, 0.15) is 17.0 Å². The molecule has 0 saturated carbocycles. The maximum atomic E-state index is 12.7. The van der Waals surface area contributed by atoms with E-state index in [4.69, 9.17) is 15.2 Å². The summed E-state index contributed by atoms with van der Waals surface area (Å²) in [6, 6.07) is 15.9. The molecule has 2 N–H and O–H groups in total. The highest BCUT2D eigenvalue weighted by atomic mass is 35.5. The Hall–Kier alpha value is -2.24. The summed E-state index contributed by atoms with van der Waals surface area (Å²) in [4.78, 5) is 14.6. The second-order valence-corrected chi connectivity index (χ2v) is 6.63. The first kappa shape index (κ1) is 18.5. The fourth-order valence-corrected chi connectivity index (χ4v) is 3.57. The number of hydrogen-bond acceptors (Lipinski definition) is 4. The van der Waals surface area contributed by atoms with E-state index in [1.807, 2.05) is 41.3 Å². The Kier molecular flexibility index (Phi) is 5.69. The molecule has 4 rings (SSSR count). The van der Waals surface area contributed by atoms with Crippen LogP contribution < -0.4 is 15.2 Å². The lowest BCUT2D eigenvalue weighted by Crippen LogP contribution is -2.33. The van der Waals surface area contributed by atoms with Gasteiger partial charge in [0.2, 0.25) is 5.91 Å². The lowest BCUT2D eigenvalue weighted by atomic mass is 9.95. The van der Waals surface area contributed by atoms with Crippen LogP contribution in [0.5, 0.6) is 11.5 Å². The molecule has 6 heteroatoms. The smallest absolute Gasteiger partial charge is 0.227 e. The molecule has 138 valence electrons. The third-order valence-electron chi connectivity index (χ3n) is 4.91. The lowest BCUT2D eigenvalue weighted by Gasteiger charge is -2.20. The first-order valence-electron chi connectivity index (χ1n) is 8.67. The summed E-state index contributed by atoms with van der Waals surface area (Å²) in [6.45, 7) is 2.39. The van der Waals surface area contributed by atoms with Crippen LogP contribution in [0.3, 0.4) is 0 Å². The Balaban J connectivity index is 0.00000196. The highest BCUT2D eigenvalue weighted by molar-refractivity contribution is 5.85. The minimum Gasteiger partial charge on any atom is -0.486 e. The number of rotatable bonds is 3. The van der Waals surface area contributed by atoms with Crippen LogP contribution in [0.2, 0.25) is 0 Å². The molecular formula is C20H23ClN2O3.